The number of ether oxygens (including phenoxy) is 2. The van der Waals surface area contributed by atoms with Crippen molar-refractivity contribution in [1.82, 2.24) is 5.32 Å². The summed E-state index contributed by atoms with van der Waals surface area (Å²) in [4.78, 5) is 11.3. The molecule has 0 aromatic carbocycles. The van der Waals surface area contributed by atoms with Gasteiger partial charge in [-0.3, -0.25) is 0 Å². The third-order valence-electron chi connectivity index (χ3n) is 2.87. The highest BCUT2D eigenvalue weighted by atomic mass is 16.6. The predicted octanol–water partition coefficient (Wildman–Crippen LogP) is 1.88. The molecule has 0 bridgehead atoms. The molecule has 1 saturated carbocycles. The Labute approximate surface area is 104 Å². The Bertz CT molecular complexity index is 240. The minimum Gasteiger partial charge on any atom is -0.461 e. The molecule has 0 saturated heterocycles. The standard InChI is InChI=1S/C13H25NO3/c1-13(2,3)14-10-5-7-11(8-6-10)17-12(15)9-16-4/h10-11,14H,5-9H2,1-4H3. The predicted molar refractivity (Wildman–Crippen MR) is 66.9 cm³/mol. The van der Waals surface area contributed by atoms with Crippen molar-refractivity contribution in [3.05, 3.63) is 0 Å². The van der Waals surface area contributed by atoms with Crippen LogP contribution in [0.1, 0.15) is 46.5 Å². The van der Waals surface area contributed by atoms with Gasteiger partial charge in [0, 0.05) is 18.7 Å². The minimum atomic E-state index is -0.250. The molecule has 1 rings (SSSR count). The molecule has 0 radical (unpaired) electrons. The van der Waals surface area contributed by atoms with E-state index in [-0.39, 0.29) is 24.2 Å². The van der Waals surface area contributed by atoms with Crippen LogP contribution in [0.4, 0.5) is 0 Å². The summed E-state index contributed by atoms with van der Waals surface area (Å²) in [5.41, 5.74) is 0.157. The van der Waals surface area contributed by atoms with Crippen molar-refractivity contribution < 1.29 is 14.3 Å². The SMILES string of the molecule is COCC(=O)OC1CCC(NC(C)(C)C)CC1. The van der Waals surface area contributed by atoms with Crippen LogP contribution in [-0.2, 0) is 14.3 Å². The van der Waals surface area contributed by atoms with Crippen LogP contribution in [0.15, 0.2) is 0 Å². The number of esters is 1. The molecule has 0 amide bonds. The summed E-state index contributed by atoms with van der Waals surface area (Å²) < 4.78 is 10.1. The van der Waals surface area contributed by atoms with E-state index in [4.69, 9.17) is 9.47 Å². The third kappa shape index (κ3) is 6.03. The van der Waals surface area contributed by atoms with Crippen LogP contribution in [0.2, 0.25) is 0 Å². The number of nitrogens with one attached hydrogen (secondary N) is 1. The lowest BCUT2D eigenvalue weighted by Crippen LogP contribution is -2.46. The second-order valence-electron chi connectivity index (χ2n) is 5.79. The first-order valence-corrected chi connectivity index (χ1v) is 6.37. The molecular weight excluding hydrogens is 218 g/mol. The van der Waals surface area contributed by atoms with E-state index in [0.717, 1.165) is 25.7 Å². The number of hydrogen-bond acceptors (Lipinski definition) is 4. The molecular formula is C13H25NO3. The molecule has 0 unspecified atom stereocenters. The smallest absolute Gasteiger partial charge is 0.332 e. The van der Waals surface area contributed by atoms with Crippen LogP contribution in [0, 0.1) is 0 Å². The molecule has 17 heavy (non-hydrogen) atoms. The van der Waals surface area contributed by atoms with Crippen LogP contribution in [0.5, 0.6) is 0 Å². The number of carbonyl (C=O) groups excluding carboxylic acids is 1. The highest BCUT2D eigenvalue weighted by Gasteiger charge is 2.26. The minimum absolute atomic E-state index is 0.0557. The van der Waals surface area contributed by atoms with Gasteiger partial charge >= 0.3 is 5.97 Å². The lowest BCUT2D eigenvalue weighted by Gasteiger charge is -2.34. The van der Waals surface area contributed by atoms with Crippen molar-refractivity contribution in [1.29, 1.82) is 0 Å². The maximum atomic E-state index is 11.3. The zero-order chi connectivity index (χ0) is 12.9. The highest BCUT2D eigenvalue weighted by Crippen LogP contribution is 2.22. The molecule has 0 aliphatic heterocycles. The monoisotopic (exact) mass is 243 g/mol. The first-order chi connectivity index (χ1) is 7.90. The van der Waals surface area contributed by atoms with Crippen LogP contribution >= 0.6 is 0 Å². The summed E-state index contributed by atoms with van der Waals surface area (Å²) in [7, 11) is 1.51. The Morgan fingerprint density at radius 1 is 1.24 bits per heavy atom. The Hall–Kier alpha value is -0.610. The quantitative estimate of drug-likeness (QED) is 0.766. The maximum absolute atomic E-state index is 11.3. The van der Waals surface area contributed by atoms with Gasteiger partial charge in [-0.25, -0.2) is 4.79 Å². The number of carbonyl (C=O) groups is 1. The lowest BCUT2D eigenvalue weighted by molar-refractivity contribution is -0.155. The molecule has 4 nitrogen and oxygen atoms in total. The number of hydrogen-bond donors (Lipinski definition) is 1. The van der Waals surface area contributed by atoms with Gasteiger partial charge in [-0.05, 0) is 46.5 Å². The van der Waals surface area contributed by atoms with Crippen molar-refractivity contribution in [2.75, 3.05) is 13.7 Å². The van der Waals surface area contributed by atoms with Gasteiger partial charge in [0.25, 0.3) is 0 Å². The zero-order valence-electron chi connectivity index (χ0n) is 11.4. The van der Waals surface area contributed by atoms with Gasteiger partial charge < -0.3 is 14.8 Å². The van der Waals surface area contributed by atoms with E-state index in [9.17, 15) is 4.79 Å². The molecule has 1 N–H and O–H groups in total. The van der Waals surface area contributed by atoms with Gasteiger partial charge in [-0.15, -0.1) is 0 Å². The first-order valence-electron chi connectivity index (χ1n) is 6.37. The van der Waals surface area contributed by atoms with E-state index in [1.165, 1.54) is 7.11 Å². The van der Waals surface area contributed by atoms with Crippen LogP contribution in [0.3, 0.4) is 0 Å². The van der Waals surface area contributed by atoms with Gasteiger partial charge in [0.1, 0.15) is 12.7 Å². The van der Waals surface area contributed by atoms with Gasteiger partial charge in [0.15, 0.2) is 0 Å². The summed E-state index contributed by atoms with van der Waals surface area (Å²) in [5, 5.41) is 3.59. The van der Waals surface area contributed by atoms with E-state index >= 15 is 0 Å². The number of rotatable bonds is 4. The average molecular weight is 243 g/mol. The Balaban J connectivity index is 2.24. The normalized spacial score (nSPS) is 25.6. The summed E-state index contributed by atoms with van der Waals surface area (Å²) in [6.45, 7) is 6.59. The zero-order valence-corrected chi connectivity index (χ0v) is 11.4. The molecule has 1 aliphatic rings. The van der Waals surface area contributed by atoms with Crippen molar-refractivity contribution in [2.24, 2.45) is 0 Å². The van der Waals surface area contributed by atoms with Crippen LogP contribution < -0.4 is 5.32 Å². The average Bonchev–Trinajstić information content (AvgIpc) is 2.19. The van der Waals surface area contributed by atoms with E-state index < -0.39 is 0 Å². The van der Waals surface area contributed by atoms with Crippen LogP contribution in [0.25, 0.3) is 0 Å². The Kier molecular flexibility index (Phi) is 5.40. The van der Waals surface area contributed by atoms with Crippen molar-refractivity contribution in [3.8, 4) is 0 Å². The van der Waals surface area contributed by atoms with E-state index in [1.54, 1.807) is 0 Å². The summed E-state index contributed by atoms with van der Waals surface area (Å²) in [6.07, 6.45) is 4.12. The van der Waals surface area contributed by atoms with Crippen LogP contribution in [-0.4, -0.2) is 37.4 Å². The highest BCUT2D eigenvalue weighted by molar-refractivity contribution is 5.70. The van der Waals surface area contributed by atoms with Gasteiger partial charge in [0.2, 0.25) is 0 Å². The van der Waals surface area contributed by atoms with Gasteiger partial charge in [-0.1, -0.05) is 0 Å². The van der Waals surface area contributed by atoms with Crippen molar-refractivity contribution in [3.63, 3.8) is 0 Å². The maximum Gasteiger partial charge on any atom is 0.332 e. The molecule has 1 aliphatic carbocycles. The van der Waals surface area contributed by atoms with E-state index in [1.807, 2.05) is 0 Å². The fourth-order valence-electron chi connectivity index (χ4n) is 2.28. The van der Waals surface area contributed by atoms with Crippen molar-refractivity contribution in [2.45, 2.75) is 64.1 Å². The molecule has 0 aromatic rings. The molecule has 0 heterocycles. The molecule has 4 heteroatoms. The largest absolute Gasteiger partial charge is 0.461 e. The van der Waals surface area contributed by atoms with E-state index in [0.29, 0.717) is 6.04 Å². The van der Waals surface area contributed by atoms with Gasteiger partial charge in [0.05, 0.1) is 0 Å². The summed E-state index contributed by atoms with van der Waals surface area (Å²) in [6, 6.07) is 0.548. The Morgan fingerprint density at radius 3 is 2.29 bits per heavy atom. The lowest BCUT2D eigenvalue weighted by atomic mass is 9.91. The Morgan fingerprint density at radius 2 is 1.82 bits per heavy atom. The first kappa shape index (κ1) is 14.5. The molecule has 0 spiro atoms. The fraction of sp³-hybridized carbons (Fsp3) is 0.923. The second-order valence-corrected chi connectivity index (χ2v) is 5.79. The molecule has 1 fully saturated rings. The summed E-state index contributed by atoms with van der Waals surface area (Å²) in [5.74, 6) is -0.250. The van der Waals surface area contributed by atoms with E-state index in [2.05, 4.69) is 26.1 Å². The molecule has 0 aromatic heterocycles. The topological polar surface area (TPSA) is 47.6 Å². The fourth-order valence-corrected chi connectivity index (χ4v) is 2.28. The van der Waals surface area contributed by atoms with Gasteiger partial charge in [-0.2, -0.15) is 0 Å². The molecule has 0 atom stereocenters. The summed E-state index contributed by atoms with van der Waals surface area (Å²) >= 11 is 0. The van der Waals surface area contributed by atoms with Crippen molar-refractivity contribution >= 4 is 5.97 Å². The molecule has 100 valence electrons. The second kappa shape index (κ2) is 6.36. The third-order valence-corrected chi connectivity index (χ3v) is 2.87. The number of methoxy groups -OCH3 is 1.